The van der Waals surface area contributed by atoms with Crippen molar-refractivity contribution in [3.63, 3.8) is 0 Å². The molecule has 0 aliphatic heterocycles. The molecule has 0 bridgehead atoms. The summed E-state index contributed by atoms with van der Waals surface area (Å²) in [6, 6.07) is 32.1. The molecule has 0 unspecified atom stereocenters. The summed E-state index contributed by atoms with van der Waals surface area (Å²) in [7, 11) is 1.94. The van der Waals surface area contributed by atoms with Crippen LogP contribution in [0.25, 0.3) is 27.5 Å². The summed E-state index contributed by atoms with van der Waals surface area (Å²) < 4.78 is 0. The molecule has 1 heteroatoms. The average Bonchev–Trinajstić information content (AvgIpc) is 3.18. The van der Waals surface area contributed by atoms with Gasteiger partial charge >= 0.3 is 0 Å². The van der Waals surface area contributed by atoms with Crippen molar-refractivity contribution in [3.05, 3.63) is 159 Å². The second-order valence-electron chi connectivity index (χ2n) is 9.21. The highest BCUT2D eigenvalue weighted by molar-refractivity contribution is 5.89. The first-order chi connectivity index (χ1) is 18.4. The van der Waals surface area contributed by atoms with Crippen LogP contribution in [-0.2, 0) is 5.41 Å². The molecule has 5 rings (SSSR count). The van der Waals surface area contributed by atoms with Gasteiger partial charge in [-0.15, -0.1) is 13.2 Å². The molecule has 1 N–H and O–H groups in total. The fourth-order valence-electron chi connectivity index (χ4n) is 4.45. The number of hydrogen-bond donors (Lipinski definition) is 1. The molecule has 1 aliphatic rings. The third-order valence-corrected chi connectivity index (χ3v) is 6.68. The van der Waals surface area contributed by atoms with Crippen molar-refractivity contribution in [1.29, 1.82) is 0 Å². The standard InChI is InChI=1S/C17H15N.C14H16.C4H6.C2H4/c1-18-17-10-8-14(9-11-17)16-7-6-13-4-2-3-5-15(13)12-16;1-5-11-10(2)14(3,4)13-9-7-6-8-12(11)13;1-3-4-2;1-2/h2-12,18H,1H3;5-9H,2H2,1,3-4H3;3-4H,1-2H2;1-2H2/b;11-5+;;. The van der Waals surface area contributed by atoms with Crippen molar-refractivity contribution in [3.8, 4) is 11.1 Å². The molecule has 0 fully saturated rings. The summed E-state index contributed by atoms with van der Waals surface area (Å²) in [5.74, 6) is 0. The Morgan fingerprint density at radius 2 is 1.26 bits per heavy atom. The van der Waals surface area contributed by atoms with Crippen molar-refractivity contribution in [2.75, 3.05) is 12.4 Å². The fourth-order valence-corrected chi connectivity index (χ4v) is 4.45. The summed E-state index contributed by atoms with van der Waals surface area (Å²) in [4.78, 5) is 0. The van der Waals surface area contributed by atoms with Gasteiger partial charge in [0.05, 0.1) is 0 Å². The lowest BCUT2D eigenvalue weighted by Crippen LogP contribution is -2.13. The first-order valence-corrected chi connectivity index (χ1v) is 12.8. The summed E-state index contributed by atoms with van der Waals surface area (Å²) in [6.45, 7) is 23.5. The van der Waals surface area contributed by atoms with Gasteiger partial charge in [-0.1, -0.05) is 125 Å². The molecule has 38 heavy (non-hydrogen) atoms. The number of nitrogens with one attached hydrogen (secondary N) is 1. The van der Waals surface area contributed by atoms with E-state index in [1.54, 1.807) is 12.2 Å². The van der Waals surface area contributed by atoms with Crippen molar-refractivity contribution in [1.82, 2.24) is 0 Å². The largest absolute Gasteiger partial charge is 0.388 e. The minimum atomic E-state index is 0.0957. The second kappa shape index (κ2) is 14.4. The van der Waals surface area contributed by atoms with Crippen LogP contribution in [0.1, 0.15) is 31.9 Å². The quantitative estimate of drug-likeness (QED) is 0.218. The number of fused-ring (bicyclic) bond motifs is 2. The van der Waals surface area contributed by atoms with Crippen LogP contribution in [0.15, 0.2) is 148 Å². The molecular formula is C37H41N. The fraction of sp³-hybridized carbons (Fsp3) is 0.135. The van der Waals surface area contributed by atoms with E-state index in [0.29, 0.717) is 0 Å². The van der Waals surface area contributed by atoms with E-state index in [1.165, 1.54) is 44.2 Å². The van der Waals surface area contributed by atoms with Crippen molar-refractivity contribution in [2.24, 2.45) is 0 Å². The maximum Gasteiger partial charge on any atom is 0.0337 e. The summed E-state index contributed by atoms with van der Waals surface area (Å²) in [5, 5.41) is 5.71. The Morgan fingerprint density at radius 3 is 1.84 bits per heavy atom. The molecule has 194 valence electrons. The highest BCUT2D eigenvalue weighted by Crippen LogP contribution is 2.48. The maximum atomic E-state index is 4.21. The van der Waals surface area contributed by atoms with Gasteiger partial charge in [0.25, 0.3) is 0 Å². The SMILES string of the molecule is C=C.C=C1/C(=C\C)c2ccccc2C1(C)C.C=CC=C.CNc1ccc(-c2ccc3ccccc3c2)cc1. The Kier molecular flexibility index (Phi) is 11.3. The minimum absolute atomic E-state index is 0.0957. The van der Waals surface area contributed by atoms with Crippen LogP contribution in [0.5, 0.6) is 0 Å². The Morgan fingerprint density at radius 1 is 0.711 bits per heavy atom. The normalized spacial score (nSPS) is 13.5. The molecule has 0 saturated heterocycles. The van der Waals surface area contributed by atoms with Crippen LogP contribution < -0.4 is 5.32 Å². The van der Waals surface area contributed by atoms with E-state index in [9.17, 15) is 0 Å². The zero-order valence-electron chi connectivity index (χ0n) is 23.4. The number of hydrogen-bond acceptors (Lipinski definition) is 1. The molecule has 4 aromatic rings. The second-order valence-corrected chi connectivity index (χ2v) is 9.21. The molecule has 1 aliphatic carbocycles. The van der Waals surface area contributed by atoms with Crippen molar-refractivity contribution >= 4 is 22.0 Å². The number of allylic oxidation sites excluding steroid dienone is 5. The third kappa shape index (κ3) is 6.89. The summed E-state index contributed by atoms with van der Waals surface area (Å²) in [5.41, 5.74) is 9.05. The zero-order chi connectivity index (χ0) is 28.1. The third-order valence-electron chi connectivity index (χ3n) is 6.68. The van der Waals surface area contributed by atoms with Gasteiger partial charge in [-0.05, 0) is 69.3 Å². The molecule has 0 aromatic heterocycles. The molecular weight excluding hydrogens is 458 g/mol. The lowest BCUT2D eigenvalue weighted by Gasteiger charge is -2.20. The first-order valence-electron chi connectivity index (χ1n) is 12.8. The van der Waals surface area contributed by atoms with Crippen molar-refractivity contribution < 1.29 is 0 Å². The van der Waals surface area contributed by atoms with Gasteiger partial charge in [0.15, 0.2) is 0 Å². The Labute approximate surface area is 230 Å². The molecule has 0 saturated carbocycles. The molecule has 0 atom stereocenters. The van der Waals surface area contributed by atoms with E-state index < -0.39 is 0 Å². The lowest BCUT2D eigenvalue weighted by atomic mass is 9.83. The van der Waals surface area contributed by atoms with E-state index in [2.05, 4.69) is 156 Å². The molecule has 0 heterocycles. The maximum absolute atomic E-state index is 4.21. The van der Waals surface area contributed by atoms with Gasteiger partial charge in [0, 0.05) is 18.2 Å². The van der Waals surface area contributed by atoms with Gasteiger partial charge in [-0.3, -0.25) is 0 Å². The summed E-state index contributed by atoms with van der Waals surface area (Å²) in [6.07, 6.45) is 5.44. The van der Waals surface area contributed by atoms with Crippen LogP contribution in [0.4, 0.5) is 5.69 Å². The van der Waals surface area contributed by atoms with Gasteiger partial charge in [-0.2, -0.15) is 0 Å². The highest BCUT2D eigenvalue weighted by atomic mass is 14.8. The van der Waals surface area contributed by atoms with E-state index >= 15 is 0 Å². The van der Waals surface area contributed by atoms with Crippen LogP contribution >= 0.6 is 0 Å². The Balaban J connectivity index is 0.000000226. The lowest BCUT2D eigenvalue weighted by molar-refractivity contribution is 0.663. The van der Waals surface area contributed by atoms with E-state index in [1.807, 2.05) is 7.05 Å². The summed E-state index contributed by atoms with van der Waals surface area (Å²) >= 11 is 0. The zero-order valence-corrected chi connectivity index (χ0v) is 23.4. The smallest absolute Gasteiger partial charge is 0.0337 e. The van der Waals surface area contributed by atoms with Crippen molar-refractivity contribution in [2.45, 2.75) is 26.2 Å². The molecule has 0 spiro atoms. The van der Waals surface area contributed by atoms with E-state index in [4.69, 9.17) is 0 Å². The predicted molar refractivity (Wildman–Crippen MR) is 173 cm³/mol. The highest BCUT2D eigenvalue weighted by Gasteiger charge is 2.35. The number of anilines is 1. The van der Waals surface area contributed by atoms with Gasteiger partial charge in [-0.25, -0.2) is 0 Å². The number of rotatable bonds is 3. The molecule has 1 nitrogen and oxygen atoms in total. The van der Waals surface area contributed by atoms with E-state index in [0.717, 1.165) is 5.69 Å². The van der Waals surface area contributed by atoms with Gasteiger partial charge in [0.1, 0.15) is 0 Å². The molecule has 4 aromatic carbocycles. The van der Waals surface area contributed by atoms with Crippen LogP contribution in [-0.4, -0.2) is 7.05 Å². The van der Waals surface area contributed by atoms with Crippen LogP contribution in [0, 0.1) is 0 Å². The van der Waals surface area contributed by atoms with Gasteiger partial charge in [0.2, 0.25) is 0 Å². The Bertz CT molecular complexity index is 1390. The molecule has 0 radical (unpaired) electrons. The Hall–Kier alpha value is -4.36. The first kappa shape index (κ1) is 29.9. The average molecular weight is 500 g/mol. The molecule has 0 amide bonds. The predicted octanol–water partition coefficient (Wildman–Crippen LogP) is 10.6. The van der Waals surface area contributed by atoms with Crippen LogP contribution in [0.3, 0.4) is 0 Å². The topological polar surface area (TPSA) is 12.0 Å². The van der Waals surface area contributed by atoms with E-state index in [-0.39, 0.29) is 5.41 Å². The van der Waals surface area contributed by atoms with Crippen LogP contribution in [0.2, 0.25) is 0 Å². The minimum Gasteiger partial charge on any atom is -0.388 e. The monoisotopic (exact) mass is 499 g/mol. The van der Waals surface area contributed by atoms with Gasteiger partial charge < -0.3 is 5.32 Å². The number of benzene rings is 4.